The number of hydrogen-bond acceptors (Lipinski definition) is 4. The van der Waals surface area contributed by atoms with E-state index in [0.29, 0.717) is 17.0 Å². The zero-order chi connectivity index (χ0) is 21.4. The molecule has 5 rings (SSSR count). The molecule has 0 radical (unpaired) electrons. The van der Waals surface area contributed by atoms with Gasteiger partial charge in [-0.1, -0.05) is 42.5 Å². The van der Waals surface area contributed by atoms with Crippen molar-refractivity contribution in [2.45, 2.75) is 0 Å². The number of fused-ring (bicyclic) bond motifs is 1. The van der Waals surface area contributed by atoms with E-state index < -0.39 is 0 Å². The van der Waals surface area contributed by atoms with Crippen LogP contribution in [0, 0.1) is 11.3 Å². The highest BCUT2D eigenvalue weighted by Crippen LogP contribution is 2.35. The molecule has 0 aliphatic heterocycles. The number of aromatic hydroxyl groups is 1. The maximum atomic E-state index is 10.3. The van der Waals surface area contributed by atoms with Gasteiger partial charge in [0, 0.05) is 24.4 Å². The van der Waals surface area contributed by atoms with Crippen LogP contribution in [0.1, 0.15) is 5.56 Å². The van der Waals surface area contributed by atoms with Crippen molar-refractivity contribution < 1.29 is 5.11 Å². The van der Waals surface area contributed by atoms with Crippen LogP contribution in [0.15, 0.2) is 85.1 Å². The van der Waals surface area contributed by atoms with Crippen LogP contribution in [0.3, 0.4) is 0 Å². The Bertz CT molecular complexity index is 1460. The summed E-state index contributed by atoms with van der Waals surface area (Å²) >= 11 is 0. The van der Waals surface area contributed by atoms with Crippen LogP contribution in [-0.4, -0.2) is 19.6 Å². The Morgan fingerprint density at radius 3 is 2.42 bits per heavy atom. The largest absolute Gasteiger partial charge is 0.507 e. The molecule has 2 heterocycles. The number of imidazole rings is 1. The van der Waals surface area contributed by atoms with Crippen molar-refractivity contribution in [2.75, 3.05) is 0 Å². The monoisotopic (exact) mass is 402 g/mol. The molecule has 0 aliphatic carbocycles. The summed E-state index contributed by atoms with van der Waals surface area (Å²) in [6, 6.07) is 27.2. The number of aryl methyl sites for hydroxylation is 1. The van der Waals surface area contributed by atoms with E-state index in [9.17, 15) is 5.11 Å². The van der Waals surface area contributed by atoms with Crippen molar-refractivity contribution in [2.24, 2.45) is 7.05 Å². The highest BCUT2D eigenvalue weighted by Gasteiger charge is 2.16. The molecule has 0 atom stereocenters. The summed E-state index contributed by atoms with van der Waals surface area (Å²) < 4.78 is 2.00. The SMILES string of the molecule is Cn1c(-c2ccccc2O)nc2c(-c3cccc(-c4ccc(C#N)cn4)c3)cccc21. The average molecular weight is 402 g/mol. The van der Waals surface area contributed by atoms with E-state index in [1.807, 2.05) is 54.1 Å². The van der Waals surface area contributed by atoms with Gasteiger partial charge in [-0.3, -0.25) is 4.98 Å². The molecule has 0 aliphatic rings. The number of nitriles is 1. The molecule has 0 amide bonds. The van der Waals surface area contributed by atoms with Crippen LogP contribution in [0.5, 0.6) is 5.75 Å². The van der Waals surface area contributed by atoms with Crippen LogP contribution < -0.4 is 0 Å². The summed E-state index contributed by atoms with van der Waals surface area (Å²) in [4.78, 5) is 9.31. The maximum Gasteiger partial charge on any atom is 0.144 e. The highest BCUT2D eigenvalue weighted by atomic mass is 16.3. The zero-order valence-corrected chi connectivity index (χ0v) is 16.8. The van der Waals surface area contributed by atoms with Crippen molar-refractivity contribution in [1.82, 2.24) is 14.5 Å². The lowest BCUT2D eigenvalue weighted by atomic mass is 10.00. The molecule has 2 aromatic heterocycles. The Kier molecular flexibility index (Phi) is 4.46. The van der Waals surface area contributed by atoms with Crippen LogP contribution >= 0.6 is 0 Å². The fourth-order valence-corrected chi connectivity index (χ4v) is 3.83. The molecule has 0 bridgehead atoms. The van der Waals surface area contributed by atoms with Gasteiger partial charge < -0.3 is 9.67 Å². The second-order valence-electron chi connectivity index (χ2n) is 7.31. The van der Waals surface area contributed by atoms with Crippen LogP contribution in [-0.2, 0) is 7.05 Å². The van der Waals surface area contributed by atoms with E-state index in [1.54, 1.807) is 24.4 Å². The number of aromatic nitrogens is 3. The molecule has 0 fully saturated rings. The smallest absolute Gasteiger partial charge is 0.144 e. The molecule has 0 saturated carbocycles. The predicted molar refractivity (Wildman–Crippen MR) is 121 cm³/mol. The Balaban J connectivity index is 1.65. The summed E-state index contributed by atoms with van der Waals surface area (Å²) in [5.74, 6) is 0.918. The summed E-state index contributed by atoms with van der Waals surface area (Å²) in [6.45, 7) is 0. The molecule has 31 heavy (non-hydrogen) atoms. The Labute approximate surface area is 179 Å². The Hall–Kier alpha value is -4.43. The number of rotatable bonds is 3. The van der Waals surface area contributed by atoms with Crippen LogP contribution in [0.4, 0.5) is 0 Å². The van der Waals surface area contributed by atoms with Crippen molar-refractivity contribution in [1.29, 1.82) is 5.26 Å². The van der Waals surface area contributed by atoms with Crippen molar-refractivity contribution >= 4 is 11.0 Å². The van der Waals surface area contributed by atoms with Crippen LogP contribution in [0.25, 0.3) is 44.8 Å². The molecule has 5 heteroatoms. The van der Waals surface area contributed by atoms with Gasteiger partial charge >= 0.3 is 0 Å². The number of phenols is 1. The first-order valence-corrected chi connectivity index (χ1v) is 9.86. The first kappa shape index (κ1) is 18.6. The van der Waals surface area contributed by atoms with Crippen molar-refractivity contribution in [3.8, 4) is 45.6 Å². The number of benzene rings is 3. The topological polar surface area (TPSA) is 74.7 Å². The fourth-order valence-electron chi connectivity index (χ4n) is 3.83. The van der Waals surface area contributed by atoms with Gasteiger partial charge in [0.1, 0.15) is 17.6 Å². The highest BCUT2D eigenvalue weighted by molar-refractivity contribution is 5.95. The minimum atomic E-state index is 0.205. The quantitative estimate of drug-likeness (QED) is 0.429. The second kappa shape index (κ2) is 7.43. The van der Waals surface area contributed by atoms with Gasteiger partial charge in [-0.25, -0.2) is 4.98 Å². The predicted octanol–water partition coefficient (Wildman–Crippen LogP) is 5.55. The number of para-hydroxylation sites is 2. The van der Waals surface area contributed by atoms with E-state index >= 15 is 0 Å². The van der Waals surface area contributed by atoms with Gasteiger partial charge in [0.25, 0.3) is 0 Å². The minimum absolute atomic E-state index is 0.205. The number of phenolic OH excluding ortho intramolecular Hbond substituents is 1. The number of hydrogen-bond donors (Lipinski definition) is 1. The standard InChI is InChI=1S/C26H18N4O/c1-30-23-10-5-9-20(25(23)29-26(30)21-8-2-3-11-24(21)31)18-6-4-7-19(14-18)22-13-12-17(15-27)16-28-22/h2-14,16,31H,1H3. The third kappa shape index (κ3) is 3.21. The van der Waals surface area contributed by atoms with Crippen LogP contribution in [0.2, 0.25) is 0 Å². The van der Waals surface area contributed by atoms with Crippen molar-refractivity contribution in [3.63, 3.8) is 0 Å². The third-order valence-electron chi connectivity index (χ3n) is 5.42. The maximum absolute atomic E-state index is 10.3. The third-order valence-corrected chi connectivity index (χ3v) is 5.42. The Morgan fingerprint density at radius 1 is 0.871 bits per heavy atom. The molecule has 5 aromatic rings. The first-order valence-electron chi connectivity index (χ1n) is 9.86. The molecule has 0 saturated heterocycles. The molecule has 5 nitrogen and oxygen atoms in total. The average Bonchev–Trinajstić information content (AvgIpc) is 3.16. The van der Waals surface area contributed by atoms with Gasteiger partial charge in [0.05, 0.1) is 27.9 Å². The van der Waals surface area contributed by atoms with E-state index in [-0.39, 0.29) is 5.75 Å². The number of pyridine rings is 1. The van der Waals surface area contributed by atoms with E-state index in [2.05, 4.69) is 29.3 Å². The number of nitrogens with zero attached hydrogens (tertiary/aromatic N) is 4. The molecule has 0 unspecified atom stereocenters. The van der Waals surface area contributed by atoms with E-state index in [1.165, 1.54) is 0 Å². The molecule has 0 spiro atoms. The van der Waals surface area contributed by atoms with Gasteiger partial charge in [-0.15, -0.1) is 0 Å². The molecule has 3 aromatic carbocycles. The normalized spacial score (nSPS) is 10.8. The fraction of sp³-hybridized carbons (Fsp3) is 0.0385. The second-order valence-corrected chi connectivity index (χ2v) is 7.31. The molecule has 148 valence electrons. The van der Waals surface area contributed by atoms with E-state index in [4.69, 9.17) is 10.2 Å². The molecular formula is C26H18N4O. The molecular weight excluding hydrogens is 384 g/mol. The summed E-state index contributed by atoms with van der Waals surface area (Å²) in [5, 5.41) is 19.3. The minimum Gasteiger partial charge on any atom is -0.507 e. The van der Waals surface area contributed by atoms with Gasteiger partial charge in [-0.05, 0) is 42.0 Å². The lowest BCUT2D eigenvalue weighted by molar-refractivity contribution is 0.476. The van der Waals surface area contributed by atoms with E-state index in [0.717, 1.165) is 33.4 Å². The lowest BCUT2D eigenvalue weighted by Crippen LogP contribution is -1.92. The van der Waals surface area contributed by atoms with Gasteiger partial charge in [-0.2, -0.15) is 5.26 Å². The lowest BCUT2D eigenvalue weighted by Gasteiger charge is -2.07. The zero-order valence-electron chi connectivity index (χ0n) is 16.8. The summed E-state index contributed by atoms with van der Waals surface area (Å²) in [7, 11) is 1.96. The summed E-state index contributed by atoms with van der Waals surface area (Å²) in [6.07, 6.45) is 1.58. The first-order chi connectivity index (χ1) is 15.2. The Morgan fingerprint density at radius 2 is 1.65 bits per heavy atom. The molecule has 1 N–H and O–H groups in total. The van der Waals surface area contributed by atoms with Gasteiger partial charge in [0.15, 0.2) is 0 Å². The summed E-state index contributed by atoms with van der Waals surface area (Å²) in [5.41, 5.74) is 6.89. The van der Waals surface area contributed by atoms with Crippen molar-refractivity contribution in [3.05, 3.63) is 90.6 Å². The van der Waals surface area contributed by atoms with Gasteiger partial charge in [0.2, 0.25) is 0 Å².